The van der Waals surface area contributed by atoms with Crippen molar-refractivity contribution in [1.82, 2.24) is 19.9 Å². The van der Waals surface area contributed by atoms with Crippen molar-refractivity contribution >= 4 is 16.7 Å². The average Bonchev–Trinajstić information content (AvgIpc) is 3.47. The Morgan fingerprint density at radius 2 is 1.81 bits per heavy atom. The number of allylic oxidation sites excluding steroid dienone is 2. The molecular weight excluding hydrogens is 408 g/mol. The van der Waals surface area contributed by atoms with Crippen LogP contribution in [-0.2, 0) is 0 Å². The molecule has 32 heavy (non-hydrogen) atoms. The summed E-state index contributed by atoms with van der Waals surface area (Å²) in [6.07, 6.45) is 13.5. The Labute approximate surface area is 184 Å². The number of halogens is 2. The lowest BCUT2D eigenvalue weighted by Crippen LogP contribution is -2.35. The molecule has 6 rings (SSSR count). The van der Waals surface area contributed by atoms with Gasteiger partial charge in [0.15, 0.2) is 0 Å². The van der Waals surface area contributed by atoms with Gasteiger partial charge >= 0.3 is 0 Å². The molecule has 0 amide bonds. The minimum atomic E-state index is -0.401. The van der Waals surface area contributed by atoms with Gasteiger partial charge in [-0.2, -0.15) is 0 Å². The second-order valence-corrected chi connectivity index (χ2v) is 8.19. The smallest absolute Gasteiger partial charge is 0.128 e. The van der Waals surface area contributed by atoms with Gasteiger partial charge in [-0.25, -0.2) is 8.78 Å². The highest BCUT2D eigenvalue weighted by Crippen LogP contribution is 2.39. The average molecular weight is 429 g/mol. The Hall–Kier alpha value is -3.74. The van der Waals surface area contributed by atoms with Gasteiger partial charge in [0.05, 0.1) is 35.0 Å². The van der Waals surface area contributed by atoms with Crippen molar-refractivity contribution < 1.29 is 8.78 Å². The van der Waals surface area contributed by atoms with Gasteiger partial charge in [0.25, 0.3) is 0 Å². The number of hydrogen-bond acceptors (Lipinski definition) is 5. The van der Waals surface area contributed by atoms with E-state index in [2.05, 4.69) is 37.0 Å². The zero-order valence-electron chi connectivity index (χ0n) is 17.3. The van der Waals surface area contributed by atoms with Crippen molar-refractivity contribution in [2.24, 2.45) is 0 Å². The van der Waals surface area contributed by atoms with Crippen LogP contribution in [0.5, 0.6) is 0 Å². The second kappa shape index (κ2) is 7.44. The highest BCUT2D eigenvalue weighted by atomic mass is 19.1. The van der Waals surface area contributed by atoms with E-state index in [0.29, 0.717) is 5.56 Å². The molecule has 3 aromatic rings. The monoisotopic (exact) mass is 429 g/mol. The van der Waals surface area contributed by atoms with Gasteiger partial charge in [0.2, 0.25) is 0 Å². The van der Waals surface area contributed by atoms with Crippen LogP contribution in [0.3, 0.4) is 0 Å². The molecule has 1 aromatic heterocycles. The summed E-state index contributed by atoms with van der Waals surface area (Å²) >= 11 is 0. The lowest BCUT2D eigenvalue weighted by molar-refractivity contribution is 0.322. The first-order valence-electron chi connectivity index (χ1n) is 10.8. The first-order valence-corrected chi connectivity index (χ1v) is 10.8. The lowest BCUT2D eigenvalue weighted by Gasteiger charge is -2.35. The Balaban J connectivity index is 1.27. The molecule has 1 fully saturated rings. The van der Waals surface area contributed by atoms with Crippen molar-refractivity contribution in [2.75, 3.05) is 18.1 Å². The molecule has 3 aliphatic rings. The number of hydrogen-bond donors (Lipinski definition) is 0. The number of fused-ring (bicyclic) bond motifs is 2. The molecule has 0 unspecified atom stereocenters. The lowest BCUT2D eigenvalue weighted by atomic mass is 10.0. The molecule has 4 heterocycles. The van der Waals surface area contributed by atoms with Crippen molar-refractivity contribution in [2.45, 2.75) is 18.9 Å². The molecule has 160 valence electrons. The van der Waals surface area contributed by atoms with E-state index in [4.69, 9.17) is 0 Å². The minimum absolute atomic E-state index is 0.162. The first-order chi connectivity index (χ1) is 15.7. The molecule has 1 atom stereocenters. The molecule has 0 saturated carbocycles. The normalized spacial score (nSPS) is 20.1. The van der Waals surface area contributed by atoms with Gasteiger partial charge < -0.3 is 4.90 Å². The molecule has 5 nitrogen and oxygen atoms in total. The highest BCUT2D eigenvalue weighted by molar-refractivity contribution is 5.78. The summed E-state index contributed by atoms with van der Waals surface area (Å²) in [5, 5.41) is 4.27. The highest BCUT2D eigenvalue weighted by Gasteiger charge is 2.32. The number of anilines is 1. The maximum Gasteiger partial charge on any atom is 0.128 e. The summed E-state index contributed by atoms with van der Waals surface area (Å²) in [5.74, 6) is -0.752. The fourth-order valence-electron chi connectivity index (χ4n) is 4.83. The van der Waals surface area contributed by atoms with Crippen LogP contribution < -0.4 is 5.01 Å². The van der Waals surface area contributed by atoms with Gasteiger partial charge in [-0.1, -0.05) is 0 Å². The standard InChI is InChI=1S/C25H21F2N5/c26-17-3-5-22(27)21(14-17)25-2-1-11-30(25)18-7-12-32-20(15-18)8-13-31(32)19-4-6-23-24(16-19)29-10-9-28-23/h3-10,12,14-16,25H,1-2,11,13H2/t25-/m1/s1. The number of likely N-dealkylation sites (tertiary alicyclic amines) is 1. The molecule has 1 saturated heterocycles. The van der Waals surface area contributed by atoms with Crippen LogP contribution in [0.25, 0.3) is 11.0 Å². The number of benzene rings is 2. The zero-order chi connectivity index (χ0) is 21.7. The van der Waals surface area contributed by atoms with Crippen molar-refractivity contribution in [3.63, 3.8) is 0 Å². The van der Waals surface area contributed by atoms with Gasteiger partial charge in [0.1, 0.15) is 11.6 Å². The molecule has 7 heteroatoms. The van der Waals surface area contributed by atoms with Crippen LogP contribution in [0, 0.1) is 11.6 Å². The number of rotatable bonds is 3. The predicted octanol–water partition coefficient (Wildman–Crippen LogP) is 5.08. The zero-order valence-corrected chi connectivity index (χ0v) is 17.3. The van der Waals surface area contributed by atoms with E-state index in [9.17, 15) is 8.78 Å². The fourth-order valence-corrected chi connectivity index (χ4v) is 4.83. The van der Waals surface area contributed by atoms with Crippen molar-refractivity contribution in [3.8, 4) is 0 Å². The van der Waals surface area contributed by atoms with E-state index in [1.807, 2.05) is 30.5 Å². The topological polar surface area (TPSA) is 35.5 Å². The Morgan fingerprint density at radius 3 is 2.72 bits per heavy atom. The third-order valence-corrected chi connectivity index (χ3v) is 6.33. The van der Waals surface area contributed by atoms with E-state index in [-0.39, 0.29) is 11.9 Å². The van der Waals surface area contributed by atoms with E-state index in [0.717, 1.165) is 54.0 Å². The van der Waals surface area contributed by atoms with Crippen LogP contribution in [0.1, 0.15) is 24.4 Å². The Bertz CT molecular complexity index is 1300. The van der Waals surface area contributed by atoms with Gasteiger partial charge in [-0.15, -0.1) is 0 Å². The van der Waals surface area contributed by atoms with E-state index in [1.54, 1.807) is 12.4 Å². The number of hydrazine groups is 1. The van der Waals surface area contributed by atoms with E-state index < -0.39 is 5.82 Å². The predicted molar refractivity (Wildman–Crippen MR) is 119 cm³/mol. The number of aromatic nitrogens is 2. The van der Waals surface area contributed by atoms with E-state index in [1.165, 1.54) is 18.2 Å². The summed E-state index contributed by atoms with van der Waals surface area (Å²) in [6.45, 7) is 1.55. The third-order valence-electron chi connectivity index (χ3n) is 6.33. The molecule has 0 spiro atoms. The van der Waals surface area contributed by atoms with Crippen molar-refractivity contribution in [3.05, 3.63) is 102 Å². The quantitative estimate of drug-likeness (QED) is 0.580. The molecule has 0 bridgehead atoms. The van der Waals surface area contributed by atoms with Gasteiger partial charge in [-0.05, 0) is 67.5 Å². The Morgan fingerprint density at radius 1 is 0.938 bits per heavy atom. The second-order valence-electron chi connectivity index (χ2n) is 8.19. The number of nitrogens with zero attached hydrogens (tertiary/aromatic N) is 5. The largest absolute Gasteiger partial charge is 0.364 e. The first kappa shape index (κ1) is 19.0. The summed E-state index contributed by atoms with van der Waals surface area (Å²) in [4.78, 5) is 10.9. The molecule has 0 N–H and O–H groups in total. The summed E-state index contributed by atoms with van der Waals surface area (Å²) in [5.41, 5.74) is 5.26. The van der Waals surface area contributed by atoms with Crippen LogP contribution in [-0.4, -0.2) is 33.0 Å². The summed E-state index contributed by atoms with van der Waals surface area (Å²) in [6, 6.07) is 9.62. The van der Waals surface area contributed by atoms with Gasteiger partial charge in [-0.3, -0.25) is 20.0 Å². The van der Waals surface area contributed by atoms with Crippen LogP contribution >= 0.6 is 0 Å². The van der Waals surface area contributed by atoms with Gasteiger partial charge in [0, 0.05) is 36.4 Å². The van der Waals surface area contributed by atoms with Crippen molar-refractivity contribution in [1.29, 1.82) is 0 Å². The minimum Gasteiger partial charge on any atom is -0.364 e. The van der Waals surface area contributed by atoms with Crippen LogP contribution in [0.15, 0.2) is 84.6 Å². The third kappa shape index (κ3) is 3.12. The molecule has 0 aliphatic carbocycles. The summed E-state index contributed by atoms with van der Waals surface area (Å²) < 4.78 is 28.3. The Kier molecular flexibility index (Phi) is 4.41. The fraction of sp³-hybridized carbons (Fsp3) is 0.200. The maximum absolute atomic E-state index is 14.5. The molecule has 2 aromatic carbocycles. The summed E-state index contributed by atoms with van der Waals surface area (Å²) in [7, 11) is 0. The molecular formula is C25H21F2N5. The molecule has 0 radical (unpaired) electrons. The van der Waals surface area contributed by atoms with Crippen LogP contribution in [0.2, 0.25) is 0 Å². The maximum atomic E-state index is 14.5. The van der Waals surface area contributed by atoms with Crippen LogP contribution in [0.4, 0.5) is 14.5 Å². The molecule has 3 aliphatic heterocycles. The SMILES string of the molecule is Fc1ccc(F)c([C@H]2CCCN2C2=CC3=CCN(c4ccc5nccnc5c4)N3C=C2)c1. The van der Waals surface area contributed by atoms with E-state index >= 15 is 0 Å².